The average Bonchev–Trinajstić information content (AvgIpc) is 2.62. The van der Waals surface area contributed by atoms with Gasteiger partial charge in [0, 0.05) is 11.3 Å². The Labute approximate surface area is 150 Å². The van der Waals surface area contributed by atoms with Crippen LogP contribution in [0.4, 0.5) is 5.69 Å². The van der Waals surface area contributed by atoms with E-state index < -0.39 is 0 Å². The molecule has 3 nitrogen and oxygen atoms in total. The van der Waals surface area contributed by atoms with Gasteiger partial charge in [-0.1, -0.05) is 60.1 Å². The van der Waals surface area contributed by atoms with E-state index in [2.05, 4.69) is 5.32 Å². The predicted octanol–water partition coefficient (Wildman–Crippen LogP) is 5.79. The number of hydrogen-bond acceptors (Lipinski definition) is 2. The zero-order chi connectivity index (χ0) is 16.9. The van der Waals surface area contributed by atoms with Crippen LogP contribution in [0.25, 0.3) is 11.1 Å². The molecule has 0 bridgehead atoms. The number of hydrogen-bond donors (Lipinski definition) is 1. The smallest absolute Gasteiger partial charge is 0.259 e. The van der Waals surface area contributed by atoms with E-state index >= 15 is 0 Å². The van der Waals surface area contributed by atoms with Crippen molar-refractivity contribution in [2.75, 3.05) is 5.32 Å². The molecule has 0 aromatic heterocycles. The van der Waals surface area contributed by atoms with Crippen molar-refractivity contribution in [2.24, 2.45) is 0 Å². The van der Waals surface area contributed by atoms with Gasteiger partial charge in [-0.25, -0.2) is 0 Å². The maximum absolute atomic E-state index is 12.6. The molecule has 3 rings (SSSR count). The van der Waals surface area contributed by atoms with Gasteiger partial charge in [-0.15, -0.1) is 0 Å². The van der Waals surface area contributed by atoms with Gasteiger partial charge in [0.15, 0.2) is 5.75 Å². The summed E-state index contributed by atoms with van der Waals surface area (Å²) in [4.78, 5) is 12.6. The third-order valence-electron chi connectivity index (χ3n) is 3.52. The Morgan fingerprint density at radius 1 is 0.875 bits per heavy atom. The Kier molecular flexibility index (Phi) is 5.04. The third-order valence-corrected chi connectivity index (χ3v) is 3.99. The lowest BCUT2D eigenvalue weighted by molar-refractivity contribution is 0.102. The summed E-state index contributed by atoms with van der Waals surface area (Å²) in [7, 11) is 0. The first-order valence-corrected chi connectivity index (χ1v) is 7.92. The Morgan fingerprint density at radius 2 is 1.50 bits per heavy atom. The van der Waals surface area contributed by atoms with E-state index in [-0.39, 0.29) is 11.7 Å². The van der Waals surface area contributed by atoms with Crippen LogP contribution in [0, 0.1) is 0 Å². The zero-order valence-corrected chi connectivity index (χ0v) is 14.0. The van der Waals surface area contributed by atoms with E-state index in [4.69, 9.17) is 27.8 Å². The molecular formula is C19H13Cl2NO2. The average molecular weight is 358 g/mol. The molecule has 1 N–H and O–H groups in total. The lowest BCUT2D eigenvalue weighted by atomic mass is 10.0. The van der Waals surface area contributed by atoms with E-state index in [0.29, 0.717) is 21.8 Å². The molecule has 0 aliphatic rings. The largest absolute Gasteiger partial charge is 0.384 e. The first-order valence-electron chi connectivity index (χ1n) is 7.23. The quantitative estimate of drug-likeness (QED) is 0.641. The van der Waals surface area contributed by atoms with Crippen LogP contribution in [0.15, 0.2) is 72.8 Å². The minimum Gasteiger partial charge on any atom is -0.384 e. The van der Waals surface area contributed by atoms with Gasteiger partial charge in [-0.3, -0.25) is 4.79 Å². The lowest BCUT2D eigenvalue weighted by Gasteiger charge is -2.14. The number of nitrogens with one attached hydrogen (secondary N) is 1. The molecule has 3 aromatic carbocycles. The van der Waals surface area contributed by atoms with Gasteiger partial charge in [-0.2, -0.15) is 0 Å². The molecule has 0 heterocycles. The second-order valence-electron chi connectivity index (χ2n) is 5.06. The van der Waals surface area contributed by atoms with Crippen LogP contribution in [0.5, 0.6) is 5.75 Å². The van der Waals surface area contributed by atoms with E-state index in [1.807, 2.05) is 48.5 Å². The van der Waals surface area contributed by atoms with Gasteiger partial charge in [-0.05, 0) is 29.8 Å². The van der Waals surface area contributed by atoms with Gasteiger partial charge in [0.05, 0.1) is 10.6 Å². The molecule has 0 unspecified atom stereocenters. The summed E-state index contributed by atoms with van der Waals surface area (Å²) in [5, 5.41) is 3.26. The summed E-state index contributed by atoms with van der Waals surface area (Å²) < 4.78 is 5.00. The topological polar surface area (TPSA) is 38.3 Å². The van der Waals surface area contributed by atoms with Crippen molar-refractivity contribution >= 4 is 35.1 Å². The van der Waals surface area contributed by atoms with Crippen LogP contribution >= 0.6 is 23.5 Å². The number of carbonyl (C=O) groups excluding carboxylic acids is 1. The van der Waals surface area contributed by atoms with Crippen LogP contribution in [-0.2, 0) is 0 Å². The molecule has 1 amide bonds. The van der Waals surface area contributed by atoms with Gasteiger partial charge in [0.1, 0.15) is 11.9 Å². The predicted molar refractivity (Wildman–Crippen MR) is 97.8 cm³/mol. The van der Waals surface area contributed by atoms with Crippen molar-refractivity contribution in [3.63, 3.8) is 0 Å². The second kappa shape index (κ2) is 7.39. The summed E-state index contributed by atoms with van der Waals surface area (Å²) in [6.07, 6.45) is 0. The molecule has 0 fully saturated rings. The molecule has 0 saturated carbocycles. The fourth-order valence-corrected chi connectivity index (χ4v) is 2.83. The van der Waals surface area contributed by atoms with Crippen molar-refractivity contribution < 1.29 is 9.08 Å². The van der Waals surface area contributed by atoms with Crippen LogP contribution in [0.2, 0.25) is 5.02 Å². The fourth-order valence-electron chi connectivity index (χ4n) is 2.41. The summed E-state index contributed by atoms with van der Waals surface area (Å²) >= 11 is 12.0. The first-order chi connectivity index (χ1) is 11.7. The van der Waals surface area contributed by atoms with E-state index in [9.17, 15) is 4.79 Å². The molecular weight excluding hydrogens is 345 g/mol. The molecule has 120 valence electrons. The summed E-state index contributed by atoms with van der Waals surface area (Å²) in [5.74, 6) is -0.102. The number of para-hydroxylation sites is 1. The van der Waals surface area contributed by atoms with Gasteiger partial charge >= 0.3 is 0 Å². The van der Waals surface area contributed by atoms with Gasteiger partial charge in [0.2, 0.25) is 0 Å². The van der Waals surface area contributed by atoms with Crippen LogP contribution in [-0.4, -0.2) is 5.91 Å². The number of carbonyl (C=O) groups is 1. The standard InChI is InChI=1S/C19H13Cl2NO2/c20-16-12-11-15(19(23)22-14-9-5-2-6-10-14)18(24-21)17(16)13-7-3-1-4-8-13/h1-12H,(H,22,23). The summed E-state index contributed by atoms with van der Waals surface area (Å²) in [6.45, 7) is 0. The van der Waals surface area contributed by atoms with Crippen LogP contribution in [0.1, 0.15) is 10.4 Å². The molecule has 5 heteroatoms. The highest BCUT2D eigenvalue weighted by atomic mass is 35.5. The number of benzene rings is 3. The summed E-state index contributed by atoms with van der Waals surface area (Å²) in [6, 6.07) is 21.8. The number of rotatable bonds is 4. The number of amides is 1. The number of anilines is 1. The lowest BCUT2D eigenvalue weighted by Crippen LogP contribution is -2.13. The number of halogens is 2. The van der Waals surface area contributed by atoms with Crippen LogP contribution in [0.3, 0.4) is 0 Å². The van der Waals surface area contributed by atoms with Gasteiger partial charge < -0.3 is 9.61 Å². The van der Waals surface area contributed by atoms with E-state index in [1.54, 1.807) is 24.3 Å². The van der Waals surface area contributed by atoms with Crippen molar-refractivity contribution in [3.05, 3.63) is 83.4 Å². The van der Waals surface area contributed by atoms with E-state index in [1.165, 1.54) is 0 Å². The van der Waals surface area contributed by atoms with Crippen LogP contribution < -0.4 is 9.61 Å². The molecule has 0 aliphatic carbocycles. The molecule has 0 saturated heterocycles. The van der Waals surface area contributed by atoms with Crippen molar-refractivity contribution in [1.82, 2.24) is 0 Å². The van der Waals surface area contributed by atoms with Crippen molar-refractivity contribution in [2.45, 2.75) is 0 Å². The maximum atomic E-state index is 12.6. The highest BCUT2D eigenvalue weighted by molar-refractivity contribution is 6.34. The SMILES string of the molecule is O=C(Nc1ccccc1)c1ccc(Cl)c(-c2ccccc2)c1OCl. The highest BCUT2D eigenvalue weighted by Gasteiger charge is 2.20. The first kappa shape index (κ1) is 16.4. The maximum Gasteiger partial charge on any atom is 0.259 e. The molecule has 0 aliphatic heterocycles. The zero-order valence-electron chi connectivity index (χ0n) is 12.5. The minimum atomic E-state index is -0.328. The molecule has 0 spiro atoms. The van der Waals surface area contributed by atoms with Gasteiger partial charge in [0.25, 0.3) is 5.91 Å². The highest BCUT2D eigenvalue weighted by Crippen LogP contribution is 2.40. The Bertz CT molecular complexity index is 852. The Morgan fingerprint density at radius 3 is 2.12 bits per heavy atom. The molecule has 3 aromatic rings. The van der Waals surface area contributed by atoms with Crippen molar-refractivity contribution in [3.8, 4) is 16.9 Å². The minimum absolute atomic E-state index is 0.226. The Hall–Kier alpha value is -2.49. The molecule has 0 atom stereocenters. The monoisotopic (exact) mass is 357 g/mol. The van der Waals surface area contributed by atoms with Crippen molar-refractivity contribution in [1.29, 1.82) is 0 Å². The molecule has 24 heavy (non-hydrogen) atoms. The molecule has 0 radical (unpaired) electrons. The fraction of sp³-hybridized carbons (Fsp3) is 0. The normalized spacial score (nSPS) is 10.2. The second-order valence-corrected chi connectivity index (χ2v) is 5.62. The summed E-state index contributed by atoms with van der Waals surface area (Å²) in [5.41, 5.74) is 2.37. The van der Waals surface area contributed by atoms with E-state index in [0.717, 1.165) is 5.56 Å². The third kappa shape index (κ3) is 3.37. The Balaban J connectivity index is 2.04.